The molecule has 0 aromatic rings. The Kier molecular flexibility index (Phi) is 4.39. The lowest BCUT2D eigenvalue weighted by Crippen LogP contribution is -2.16. The molecule has 0 spiro atoms. The van der Waals surface area contributed by atoms with Crippen LogP contribution in [-0.4, -0.2) is 5.78 Å². The second kappa shape index (κ2) is 4.53. The molecule has 1 nitrogen and oxygen atoms in total. The quantitative estimate of drug-likeness (QED) is 0.597. The van der Waals surface area contributed by atoms with Crippen LogP contribution in [0.5, 0.6) is 0 Å². The van der Waals surface area contributed by atoms with E-state index in [0.717, 1.165) is 12.8 Å². The smallest absolute Gasteiger partial charge is 0.133 e. The van der Waals surface area contributed by atoms with Crippen LogP contribution >= 0.6 is 0 Å². The molecule has 0 aliphatic heterocycles. The molecule has 0 aromatic heterocycles. The Morgan fingerprint density at radius 1 is 1.27 bits per heavy atom. The van der Waals surface area contributed by atoms with Gasteiger partial charge in [0.25, 0.3) is 0 Å². The zero-order valence-electron chi connectivity index (χ0n) is 8.24. The molecule has 66 valence electrons. The normalized spacial score (nSPS) is 11.6. The first kappa shape index (κ1) is 10.7. The lowest BCUT2D eigenvalue weighted by molar-refractivity contribution is -0.120. The summed E-state index contributed by atoms with van der Waals surface area (Å²) in [5, 5.41) is 0. The summed E-state index contributed by atoms with van der Waals surface area (Å²) in [6, 6.07) is 0. The minimum Gasteiger partial charge on any atom is -0.300 e. The highest BCUT2D eigenvalue weighted by Crippen LogP contribution is 2.26. The molecule has 0 saturated carbocycles. The van der Waals surface area contributed by atoms with Crippen LogP contribution in [0, 0.1) is 5.41 Å². The number of ketones is 1. The van der Waals surface area contributed by atoms with E-state index in [1.54, 1.807) is 0 Å². The number of Topliss-reactive ketones (excluding diaryl/α,β-unsaturated/α-hetero) is 1. The monoisotopic (exact) mass is 156 g/mol. The van der Waals surface area contributed by atoms with E-state index < -0.39 is 0 Å². The maximum Gasteiger partial charge on any atom is 0.133 e. The van der Waals surface area contributed by atoms with Gasteiger partial charge in [-0.3, -0.25) is 4.79 Å². The molecule has 0 saturated heterocycles. The zero-order chi connectivity index (χ0) is 8.91. The topological polar surface area (TPSA) is 17.1 Å². The van der Waals surface area contributed by atoms with Gasteiger partial charge in [0.2, 0.25) is 0 Å². The Balaban J connectivity index is 3.80. The second-order valence-electron chi connectivity index (χ2n) is 3.98. The Morgan fingerprint density at radius 3 is 2.18 bits per heavy atom. The van der Waals surface area contributed by atoms with E-state index in [1.807, 2.05) is 6.92 Å². The van der Waals surface area contributed by atoms with Crippen molar-refractivity contribution < 1.29 is 4.79 Å². The molecule has 0 aromatic carbocycles. The summed E-state index contributed by atoms with van der Waals surface area (Å²) in [4.78, 5) is 11.1. The number of carbonyl (C=O) groups excluding carboxylic acids is 1. The third kappa shape index (κ3) is 5.00. The van der Waals surface area contributed by atoms with Gasteiger partial charge in [0.15, 0.2) is 0 Å². The number of hydrogen-bond acceptors (Lipinski definition) is 1. The Morgan fingerprint density at radius 2 is 1.82 bits per heavy atom. The third-order valence-electron chi connectivity index (χ3n) is 2.00. The number of carbonyl (C=O) groups is 1. The molecule has 0 bridgehead atoms. The van der Waals surface area contributed by atoms with E-state index in [1.165, 1.54) is 6.42 Å². The lowest BCUT2D eigenvalue weighted by atomic mass is 9.82. The first-order valence-corrected chi connectivity index (χ1v) is 4.53. The highest BCUT2D eigenvalue weighted by atomic mass is 16.1. The number of hydrogen-bond donors (Lipinski definition) is 0. The molecule has 0 heterocycles. The summed E-state index contributed by atoms with van der Waals surface area (Å²) in [6.07, 6.45) is 3.76. The van der Waals surface area contributed by atoms with Crippen LogP contribution in [-0.2, 0) is 4.79 Å². The van der Waals surface area contributed by atoms with Gasteiger partial charge in [-0.05, 0) is 11.8 Å². The number of rotatable bonds is 5. The minimum atomic E-state index is 0.224. The van der Waals surface area contributed by atoms with Crippen LogP contribution < -0.4 is 0 Å². The molecule has 0 aliphatic rings. The first-order valence-electron chi connectivity index (χ1n) is 4.53. The van der Waals surface area contributed by atoms with E-state index in [-0.39, 0.29) is 5.41 Å². The molecular weight excluding hydrogens is 136 g/mol. The second-order valence-corrected chi connectivity index (χ2v) is 3.98. The summed E-state index contributed by atoms with van der Waals surface area (Å²) in [5.41, 5.74) is 0.224. The van der Waals surface area contributed by atoms with Gasteiger partial charge in [-0.2, -0.15) is 0 Å². The van der Waals surface area contributed by atoms with E-state index in [9.17, 15) is 4.79 Å². The van der Waals surface area contributed by atoms with Crippen LogP contribution in [0.1, 0.15) is 53.4 Å². The van der Waals surface area contributed by atoms with E-state index >= 15 is 0 Å². The summed E-state index contributed by atoms with van der Waals surface area (Å²) < 4.78 is 0. The first-order chi connectivity index (χ1) is 5.02. The molecule has 1 heteroatoms. The van der Waals surface area contributed by atoms with Crippen molar-refractivity contribution in [3.8, 4) is 0 Å². The van der Waals surface area contributed by atoms with Crippen LogP contribution in [0.3, 0.4) is 0 Å². The van der Waals surface area contributed by atoms with Gasteiger partial charge in [0.05, 0.1) is 0 Å². The third-order valence-corrected chi connectivity index (χ3v) is 2.00. The molecule has 0 fully saturated rings. The molecule has 0 rings (SSSR count). The van der Waals surface area contributed by atoms with E-state index in [4.69, 9.17) is 0 Å². The van der Waals surface area contributed by atoms with Gasteiger partial charge in [-0.15, -0.1) is 0 Å². The maximum absolute atomic E-state index is 11.1. The van der Waals surface area contributed by atoms with Crippen molar-refractivity contribution in [2.75, 3.05) is 0 Å². The highest BCUT2D eigenvalue weighted by Gasteiger charge is 2.19. The van der Waals surface area contributed by atoms with Crippen LogP contribution in [0.25, 0.3) is 0 Å². The van der Waals surface area contributed by atoms with Crippen LogP contribution in [0.2, 0.25) is 0 Å². The van der Waals surface area contributed by atoms with Gasteiger partial charge in [-0.25, -0.2) is 0 Å². The molecule has 0 radical (unpaired) electrons. The average molecular weight is 156 g/mol. The van der Waals surface area contributed by atoms with Crippen molar-refractivity contribution in [1.82, 2.24) is 0 Å². The van der Waals surface area contributed by atoms with Gasteiger partial charge < -0.3 is 0 Å². The fraction of sp³-hybridized carbons (Fsp3) is 0.900. The summed E-state index contributed by atoms with van der Waals surface area (Å²) in [5.74, 6) is 0.392. The van der Waals surface area contributed by atoms with Crippen molar-refractivity contribution in [2.45, 2.75) is 53.4 Å². The predicted molar refractivity (Wildman–Crippen MR) is 48.6 cm³/mol. The van der Waals surface area contributed by atoms with Gasteiger partial charge in [0, 0.05) is 12.8 Å². The standard InChI is InChI=1S/C10H20O/c1-5-7-10(3,4)8-9(11)6-2/h5-8H2,1-4H3. The molecular formula is C10H20O. The molecule has 0 atom stereocenters. The average Bonchev–Trinajstić information content (AvgIpc) is 1.86. The van der Waals surface area contributed by atoms with Crippen LogP contribution in [0.4, 0.5) is 0 Å². The molecule has 0 amide bonds. The van der Waals surface area contributed by atoms with E-state index in [0.29, 0.717) is 12.2 Å². The summed E-state index contributed by atoms with van der Waals surface area (Å²) in [7, 11) is 0. The van der Waals surface area contributed by atoms with E-state index in [2.05, 4.69) is 20.8 Å². The maximum atomic E-state index is 11.1. The van der Waals surface area contributed by atoms with Crippen molar-refractivity contribution in [3.63, 3.8) is 0 Å². The Hall–Kier alpha value is -0.330. The van der Waals surface area contributed by atoms with Crippen molar-refractivity contribution in [1.29, 1.82) is 0 Å². The fourth-order valence-electron chi connectivity index (χ4n) is 1.42. The van der Waals surface area contributed by atoms with Crippen LogP contribution in [0.15, 0.2) is 0 Å². The van der Waals surface area contributed by atoms with Gasteiger partial charge in [-0.1, -0.05) is 34.1 Å². The molecule has 11 heavy (non-hydrogen) atoms. The fourth-order valence-corrected chi connectivity index (χ4v) is 1.42. The van der Waals surface area contributed by atoms with Crippen molar-refractivity contribution in [2.24, 2.45) is 5.41 Å². The minimum absolute atomic E-state index is 0.224. The Labute approximate surface area is 70.2 Å². The molecule has 0 aliphatic carbocycles. The van der Waals surface area contributed by atoms with Gasteiger partial charge >= 0.3 is 0 Å². The van der Waals surface area contributed by atoms with Gasteiger partial charge in [0.1, 0.15) is 5.78 Å². The Bertz CT molecular complexity index is 125. The summed E-state index contributed by atoms with van der Waals surface area (Å²) >= 11 is 0. The molecule has 0 unspecified atom stereocenters. The largest absolute Gasteiger partial charge is 0.300 e. The van der Waals surface area contributed by atoms with Crippen molar-refractivity contribution in [3.05, 3.63) is 0 Å². The SMILES string of the molecule is CCCC(C)(C)CC(=O)CC. The highest BCUT2D eigenvalue weighted by molar-refractivity contribution is 5.78. The molecule has 0 N–H and O–H groups in total. The van der Waals surface area contributed by atoms with Crippen molar-refractivity contribution >= 4 is 5.78 Å². The lowest BCUT2D eigenvalue weighted by Gasteiger charge is -2.22. The zero-order valence-corrected chi connectivity index (χ0v) is 8.24. The summed E-state index contributed by atoms with van der Waals surface area (Å²) in [6.45, 7) is 8.44. The predicted octanol–water partition coefficient (Wildman–Crippen LogP) is 3.18.